The normalized spacial score (nSPS) is 21.7. The summed E-state index contributed by atoms with van der Waals surface area (Å²) in [4.78, 5) is 27.6. The maximum absolute atomic E-state index is 12.7. The van der Waals surface area contributed by atoms with Gasteiger partial charge in [0, 0.05) is 13.1 Å². The van der Waals surface area contributed by atoms with Crippen LogP contribution in [0.3, 0.4) is 0 Å². The Balaban J connectivity index is 1.72. The highest BCUT2D eigenvalue weighted by Crippen LogP contribution is 2.39. The number of rotatable bonds is 3. The van der Waals surface area contributed by atoms with Gasteiger partial charge in [-0.2, -0.15) is 13.2 Å². The molecule has 2 saturated heterocycles. The van der Waals surface area contributed by atoms with Gasteiger partial charge in [-0.25, -0.2) is 0 Å². The summed E-state index contributed by atoms with van der Waals surface area (Å²) in [6.45, 7) is 1.84. The summed E-state index contributed by atoms with van der Waals surface area (Å²) in [6.07, 6.45) is -4.40. The third-order valence-electron chi connectivity index (χ3n) is 4.16. The van der Waals surface area contributed by atoms with E-state index in [0.29, 0.717) is 31.9 Å². The second kappa shape index (κ2) is 7.25. The van der Waals surface area contributed by atoms with Crippen LogP contribution in [0.1, 0.15) is 16.5 Å². The van der Waals surface area contributed by atoms with Crippen molar-refractivity contribution in [2.75, 3.05) is 38.6 Å². The molecule has 2 heterocycles. The molecular formula is C16H17F3N2O3S. The molecule has 2 aliphatic heterocycles. The van der Waals surface area contributed by atoms with Gasteiger partial charge in [0.1, 0.15) is 11.9 Å². The van der Waals surface area contributed by atoms with Gasteiger partial charge in [0.25, 0.3) is 0 Å². The summed E-state index contributed by atoms with van der Waals surface area (Å²) in [6, 6.07) is 4.73. The zero-order valence-corrected chi connectivity index (χ0v) is 14.1. The summed E-state index contributed by atoms with van der Waals surface area (Å²) < 4.78 is 43.2. The minimum absolute atomic E-state index is 0.0719. The van der Waals surface area contributed by atoms with E-state index in [4.69, 9.17) is 4.74 Å². The summed E-state index contributed by atoms with van der Waals surface area (Å²) in [7, 11) is 0. The van der Waals surface area contributed by atoms with Crippen molar-refractivity contribution >= 4 is 23.6 Å². The van der Waals surface area contributed by atoms with E-state index in [1.54, 1.807) is 4.90 Å². The average molecular weight is 374 g/mol. The van der Waals surface area contributed by atoms with Crippen molar-refractivity contribution in [3.05, 3.63) is 35.4 Å². The van der Waals surface area contributed by atoms with E-state index in [0.717, 1.165) is 12.1 Å². The van der Waals surface area contributed by atoms with Crippen LogP contribution < -0.4 is 0 Å². The molecule has 25 heavy (non-hydrogen) atoms. The number of amides is 2. The third kappa shape index (κ3) is 4.09. The van der Waals surface area contributed by atoms with Crippen LogP contribution in [0.15, 0.2) is 24.3 Å². The minimum atomic E-state index is -4.40. The maximum atomic E-state index is 12.7. The summed E-state index contributed by atoms with van der Waals surface area (Å²) in [5.41, 5.74) is -0.153. The standard InChI is InChI=1S/C16H17F3N2O3S/c17-16(18,19)12-3-1-11(2-4-12)15-21(14(23)10-25-15)9-13(22)20-5-7-24-8-6-20/h1-4,15H,5-10H2. The number of hydrogen-bond donors (Lipinski definition) is 0. The molecule has 0 saturated carbocycles. The lowest BCUT2D eigenvalue weighted by atomic mass is 10.1. The number of hydrogen-bond acceptors (Lipinski definition) is 4. The van der Waals surface area contributed by atoms with Crippen molar-refractivity contribution in [3.8, 4) is 0 Å². The van der Waals surface area contributed by atoms with Crippen LogP contribution in [0.4, 0.5) is 13.2 Å². The number of alkyl halides is 3. The van der Waals surface area contributed by atoms with Gasteiger partial charge in [0.2, 0.25) is 11.8 Å². The number of benzene rings is 1. The van der Waals surface area contributed by atoms with E-state index < -0.39 is 17.1 Å². The highest BCUT2D eigenvalue weighted by atomic mass is 32.2. The van der Waals surface area contributed by atoms with E-state index in [2.05, 4.69) is 0 Å². The molecule has 2 aliphatic rings. The van der Waals surface area contributed by atoms with Crippen molar-refractivity contribution in [2.24, 2.45) is 0 Å². The predicted molar refractivity (Wildman–Crippen MR) is 85.8 cm³/mol. The Kier molecular flexibility index (Phi) is 5.24. The SMILES string of the molecule is O=C(CN1C(=O)CSC1c1ccc(C(F)(F)F)cc1)N1CCOCC1. The second-order valence-electron chi connectivity index (χ2n) is 5.80. The molecule has 2 fully saturated rings. The molecule has 3 rings (SSSR count). The van der Waals surface area contributed by atoms with Crippen molar-refractivity contribution in [1.82, 2.24) is 9.80 Å². The Bertz CT molecular complexity index is 645. The molecule has 2 amide bonds. The first-order valence-electron chi connectivity index (χ1n) is 7.80. The van der Waals surface area contributed by atoms with Crippen molar-refractivity contribution in [1.29, 1.82) is 0 Å². The van der Waals surface area contributed by atoms with E-state index in [-0.39, 0.29) is 24.1 Å². The third-order valence-corrected chi connectivity index (χ3v) is 5.42. The quantitative estimate of drug-likeness (QED) is 0.814. The number of ether oxygens (including phenoxy) is 1. The van der Waals surface area contributed by atoms with Gasteiger partial charge in [-0.15, -0.1) is 11.8 Å². The second-order valence-corrected chi connectivity index (χ2v) is 6.87. The molecule has 1 aromatic carbocycles. The molecule has 0 aromatic heterocycles. The predicted octanol–water partition coefficient (Wildman–Crippen LogP) is 2.14. The summed E-state index contributed by atoms with van der Waals surface area (Å²) >= 11 is 1.31. The Morgan fingerprint density at radius 3 is 2.44 bits per heavy atom. The van der Waals surface area contributed by atoms with Gasteiger partial charge in [-0.1, -0.05) is 12.1 Å². The molecule has 5 nitrogen and oxygen atoms in total. The number of carbonyl (C=O) groups excluding carboxylic acids is 2. The van der Waals surface area contributed by atoms with Gasteiger partial charge in [0.15, 0.2) is 0 Å². The molecule has 1 aromatic rings. The Hall–Kier alpha value is -1.74. The molecule has 136 valence electrons. The summed E-state index contributed by atoms with van der Waals surface area (Å²) in [5, 5.41) is -0.445. The fourth-order valence-electron chi connectivity index (χ4n) is 2.80. The van der Waals surface area contributed by atoms with Crippen LogP contribution in [0, 0.1) is 0 Å². The molecule has 0 aliphatic carbocycles. The Labute approximate surface area is 147 Å². The number of morpholine rings is 1. The number of nitrogens with zero attached hydrogens (tertiary/aromatic N) is 2. The number of halogens is 3. The highest BCUT2D eigenvalue weighted by Gasteiger charge is 2.36. The van der Waals surface area contributed by atoms with Crippen LogP contribution in [-0.4, -0.2) is 60.2 Å². The first-order valence-corrected chi connectivity index (χ1v) is 8.85. The number of carbonyl (C=O) groups is 2. The fraction of sp³-hybridized carbons (Fsp3) is 0.500. The zero-order chi connectivity index (χ0) is 18.0. The molecule has 0 radical (unpaired) electrons. The topological polar surface area (TPSA) is 49.9 Å². The van der Waals surface area contributed by atoms with E-state index in [9.17, 15) is 22.8 Å². The molecule has 9 heteroatoms. The zero-order valence-electron chi connectivity index (χ0n) is 13.3. The summed E-state index contributed by atoms with van der Waals surface area (Å²) in [5.74, 6) is -0.144. The molecular weight excluding hydrogens is 357 g/mol. The lowest BCUT2D eigenvalue weighted by molar-refractivity contribution is -0.141. The van der Waals surface area contributed by atoms with Gasteiger partial charge >= 0.3 is 6.18 Å². The minimum Gasteiger partial charge on any atom is -0.378 e. The van der Waals surface area contributed by atoms with Crippen LogP contribution in [0.2, 0.25) is 0 Å². The van der Waals surface area contributed by atoms with Crippen LogP contribution in [0.5, 0.6) is 0 Å². The van der Waals surface area contributed by atoms with Crippen LogP contribution >= 0.6 is 11.8 Å². The first-order chi connectivity index (χ1) is 11.9. The fourth-order valence-corrected chi connectivity index (χ4v) is 3.98. The Morgan fingerprint density at radius 1 is 1.20 bits per heavy atom. The maximum Gasteiger partial charge on any atom is 0.416 e. The van der Waals surface area contributed by atoms with Crippen molar-refractivity contribution in [3.63, 3.8) is 0 Å². The van der Waals surface area contributed by atoms with Crippen molar-refractivity contribution < 1.29 is 27.5 Å². The largest absolute Gasteiger partial charge is 0.416 e. The van der Waals surface area contributed by atoms with Gasteiger partial charge < -0.3 is 14.5 Å². The molecule has 0 N–H and O–H groups in total. The number of thioether (sulfide) groups is 1. The molecule has 0 bridgehead atoms. The molecule has 1 atom stereocenters. The van der Waals surface area contributed by atoms with Crippen molar-refractivity contribution in [2.45, 2.75) is 11.6 Å². The average Bonchev–Trinajstić information content (AvgIpc) is 2.96. The lowest BCUT2D eigenvalue weighted by Crippen LogP contribution is -2.46. The van der Waals surface area contributed by atoms with E-state index in [1.807, 2.05) is 0 Å². The Morgan fingerprint density at radius 2 is 1.84 bits per heavy atom. The van der Waals surface area contributed by atoms with Crippen LogP contribution in [0.25, 0.3) is 0 Å². The van der Waals surface area contributed by atoms with E-state index in [1.165, 1.54) is 28.8 Å². The smallest absolute Gasteiger partial charge is 0.378 e. The molecule has 1 unspecified atom stereocenters. The van der Waals surface area contributed by atoms with Gasteiger partial charge in [-0.05, 0) is 17.7 Å². The van der Waals surface area contributed by atoms with Crippen LogP contribution in [-0.2, 0) is 20.5 Å². The highest BCUT2D eigenvalue weighted by molar-refractivity contribution is 8.00. The monoisotopic (exact) mass is 374 g/mol. The van der Waals surface area contributed by atoms with E-state index >= 15 is 0 Å². The van der Waals surface area contributed by atoms with Gasteiger partial charge in [0.05, 0.1) is 24.5 Å². The lowest BCUT2D eigenvalue weighted by Gasteiger charge is -2.30. The molecule has 0 spiro atoms. The first kappa shape index (κ1) is 18.1. The van der Waals surface area contributed by atoms with Gasteiger partial charge in [-0.3, -0.25) is 9.59 Å².